The molecule has 8 heteroatoms. The molecule has 1 saturated heterocycles. The number of piperidine rings is 1. The van der Waals surface area contributed by atoms with E-state index in [9.17, 15) is 14.7 Å². The molecular weight excluding hydrogens is 464 g/mol. The maximum atomic E-state index is 13.5. The molecule has 7 nitrogen and oxygen atoms in total. The topological polar surface area (TPSA) is 77.0 Å². The molecule has 0 unspecified atom stereocenters. The lowest BCUT2D eigenvalue weighted by molar-refractivity contribution is -0.119. The quantitative estimate of drug-likeness (QED) is 0.588. The maximum Gasteiger partial charge on any atom is 0.258 e. The lowest BCUT2D eigenvalue weighted by Crippen LogP contribution is -2.44. The van der Waals surface area contributed by atoms with Crippen molar-refractivity contribution in [3.63, 3.8) is 0 Å². The number of hydrogen-bond donors (Lipinski definition) is 1. The fraction of sp³-hybridized carbons (Fsp3) is 0.296. The van der Waals surface area contributed by atoms with Crippen molar-refractivity contribution in [1.29, 1.82) is 0 Å². The summed E-state index contributed by atoms with van der Waals surface area (Å²) < 4.78 is 0. The predicted octanol–water partition coefficient (Wildman–Crippen LogP) is 4.35. The van der Waals surface area contributed by atoms with Gasteiger partial charge in [-0.05, 0) is 60.7 Å². The number of pyridine rings is 1. The van der Waals surface area contributed by atoms with E-state index >= 15 is 0 Å². The molecule has 0 radical (unpaired) electrons. The molecule has 3 heterocycles. The first-order valence-electron chi connectivity index (χ1n) is 11.8. The lowest BCUT2D eigenvalue weighted by Gasteiger charge is -2.36. The molecule has 2 aliphatic rings. The highest BCUT2D eigenvalue weighted by Crippen LogP contribution is 2.31. The molecule has 2 aromatic carbocycles. The predicted molar refractivity (Wildman–Crippen MR) is 136 cm³/mol. The first-order chi connectivity index (χ1) is 17.0. The minimum atomic E-state index is -0.394. The second kappa shape index (κ2) is 9.96. The van der Waals surface area contributed by atoms with Crippen LogP contribution in [0.15, 0.2) is 67.0 Å². The molecule has 3 aromatic rings. The van der Waals surface area contributed by atoms with Gasteiger partial charge in [0.1, 0.15) is 12.3 Å². The number of carbonyl (C=O) groups excluding carboxylic acids is 2. The molecule has 0 bridgehead atoms. The number of phenolic OH excluding ortho intramolecular Hbond substituents is 1. The van der Waals surface area contributed by atoms with Crippen LogP contribution in [0, 0.1) is 5.92 Å². The van der Waals surface area contributed by atoms with Gasteiger partial charge >= 0.3 is 0 Å². The number of aromatic nitrogens is 1. The van der Waals surface area contributed by atoms with Crippen LogP contribution in [0.4, 0.5) is 11.4 Å². The third kappa shape index (κ3) is 4.95. The zero-order chi connectivity index (χ0) is 24.4. The van der Waals surface area contributed by atoms with Gasteiger partial charge in [-0.25, -0.2) is 0 Å². The van der Waals surface area contributed by atoms with Crippen molar-refractivity contribution in [2.75, 3.05) is 36.0 Å². The summed E-state index contributed by atoms with van der Waals surface area (Å²) in [5, 5.41) is 10.6. The van der Waals surface area contributed by atoms with Crippen LogP contribution in [-0.4, -0.2) is 53.0 Å². The fourth-order valence-corrected chi connectivity index (χ4v) is 5.11. The number of aromatic hydroxyl groups is 1. The smallest absolute Gasteiger partial charge is 0.258 e. The normalized spacial score (nSPS) is 16.7. The van der Waals surface area contributed by atoms with Gasteiger partial charge < -0.3 is 19.8 Å². The Morgan fingerprint density at radius 2 is 1.77 bits per heavy atom. The van der Waals surface area contributed by atoms with E-state index in [4.69, 9.17) is 11.6 Å². The molecule has 0 saturated carbocycles. The average Bonchev–Trinajstić information content (AvgIpc) is 3.01. The van der Waals surface area contributed by atoms with Crippen molar-refractivity contribution in [1.82, 2.24) is 9.88 Å². The molecule has 1 aromatic heterocycles. The monoisotopic (exact) mass is 490 g/mol. The minimum Gasteiger partial charge on any atom is -0.507 e. The largest absolute Gasteiger partial charge is 0.507 e. The van der Waals surface area contributed by atoms with Crippen LogP contribution in [0.1, 0.15) is 28.8 Å². The Morgan fingerprint density at radius 1 is 1.03 bits per heavy atom. The number of anilines is 2. The number of hydrogen-bond acceptors (Lipinski definition) is 5. The first-order valence-corrected chi connectivity index (χ1v) is 12.2. The van der Waals surface area contributed by atoms with E-state index in [1.165, 1.54) is 22.7 Å². The molecule has 0 atom stereocenters. The van der Waals surface area contributed by atoms with E-state index in [2.05, 4.69) is 9.88 Å². The Hall–Kier alpha value is -3.58. The Bertz CT molecular complexity index is 1230. The van der Waals surface area contributed by atoms with E-state index in [0.29, 0.717) is 24.0 Å². The third-order valence-electron chi connectivity index (χ3n) is 6.83. The van der Waals surface area contributed by atoms with E-state index < -0.39 is 5.91 Å². The molecular formula is C27H27ClN4O3. The molecule has 35 heavy (non-hydrogen) atoms. The van der Waals surface area contributed by atoms with Crippen LogP contribution < -0.4 is 9.80 Å². The van der Waals surface area contributed by atoms with Crippen molar-refractivity contribution in [3.05, 3.63) is 83.1 Å². The minimum absolute atomic E-state index is 0.0502. The molecule has 1 fully saturated rings. The molecule has 2 aliphatic heterocycles. The molecule has 2 amide bonds. The number of halogens is 1. The standard InChI is InChI=1S/C27H27ClN4O3/c28-21-5-6-23(25(33)15-21)27(35)31-17-20-3-1-2-4-24(20)32(26(34)18-31)16-19-9-13-30(14-10-19)22-7-11-29-12-8-22/h1-8,11-12,15,19,33H,9-10,13-14,16-18H2. The van der Waals surface area contributed by atoms with Crippen molar-refractivity contribution in [2.45, 2.75) is 19.4 Å². The van der Waals surface area contributed by atoms with Gasteiger partial charge in [-0.15, -0.1) is 0 Å². The van der Waals surface area contributed by atoms with Gasteiger partial charge in [0.05, 0.1) is 5.56 Å². The maximum absolute atomic E-state index is 13.5. The fourth-order valence-electron chi connectivity index (χ4n) is 4.94. The number of fused-ring (bicyclic) bond motifs is 1. The van der Waals surface area contributed by atoms with Gasteiger partial charge in [-0.3, -0.25) is 14.6 Å². The number of amides is 2. The van der Waals surface area contributed by atoms with Gasteiger partial charge in [0, 0.05) is 55.0 Å². The van der Waals surface area contributed by atoms with Crippen molar-refractivity contribution < 1.29 is 14.7 Å². The van der Waals surface area contributed by atoms with Crippen molar-refractivity contribution >= 4 is 34.8 Å². The Kier molecular flexibility index (Phi) is 6.59. The second-order valence-corrected chi connectivity index (χ2v) is 9.53. The van der Waals surface area contributed by atoms with Gasteiger partial charge in [0.2, 0.25) is 5.91 Å². The number of rotatable bonds is 4. The van der Waals surface area contributed by atoms with Gasteiger partial charge in [0.25, 0.3) is 5.91 Å². The summed E-state index contributed by atoms with van der Waals surface area (Å²) in [6, 6.07) is 16.2. The van der Waals surface area contributed by atoms with E-state index in [0.717, 1.165) is 37.2 Å². The first kappa shape index (κ1) is 23.2. The highest BCUT2D eigenvalue weighted by molar-refractivity contribution is 6.30. The summed E-state index contributed by atoms with van der Waals surface area (Å²) in [6.07, 6.45) is 5.58. The van der Waals surface area contributed by atoms with Crippen LogP contribution in [0.2, 0.25) is 5.02 Å². The zero-order valence-electron chi connectivity index (χ0n) is 19.3. The van der Waals surface area contributed by atoms with Gasteiger partial charge in [0.15, 0.2) is 0 Å². The highest BCUT2D eigenvalue weighted by atomic mass is 35.5. The molecule has 0 spiro atoms. The van der Waals surface area contributed by atoms with Crippen LogP contribution in [0.3, 0.4) is 0 Å². The molecule has 1 N–H and O–H groups in total. The Labute approximate surface area is 209 Å². The molecule has 0 aliphatic carbocycles. The summed E-state index contributed by atoms with van der Waals surface area (Å²) in [6.45, 7) is 2.72. The summed E-state index contributed by atoms with van der Waals surface area (Å²) in [7, 11) is 0. The van der Waals surface area contributed by atoms with Crippen molar-refractivity contribution in [2.24, 2.45) is 5.92 Å². The number of benzene rings is 2. The number of nitrogens with zero attached hydrogens (tertiary/aromatic N) is 4. The summed E-state index contributed by atoms with van der Waals surface area (Å²) in [5.41, 5.74) is 3.07. The van der Waals surface area contributed by atoms with Gasteiger partial charge in [-0.2, -0.15) is 0 Å². The van der Waals surface area contributed by atoms with Crippen LogP contribution in [0.5, 0.6) is 5.75 Å². The van der Waals surface area contributed by atoms with Crippen LogP contribution in [0.25, 0.3) is 0 Å². The van der Waals surface area contributed by atoms with Crippen LogP contribution >= 0.6 is 11.6 Å². The summed E-state index contributed by atoms with van der Waals surface area (Å²) in [5.74, 6) is -0.332. The Balaban J connectivity index is 1.33. The van der Waals surface area contributed by atoms with Gasteiger partial charge in [-0.1, -0.05) is 29.8 Å². The number of phenols is 1. The van der Waals surface area contributed by atoms with E-state index in [-0.39, 0.29) is 23.8 Å². The zero-order valence-corrected chi connectivity index (χ0v) is 20.1. The van der Waals surface area contributed by atoms with E-state index in [1.54, 1.807) is 6.07 Å². The Morgan fingerprint density at radius 3 is 2.51 bits per heavy atom. The SMILES string of the molecule is O=C(c1ccc(Cl)cc1O)N1CC(=O)N(CC2CCN(c3ccncc3)CC2)c2ccccc2C1. The summed E-state index contributed by atoms with van der Waals surface area (Å²) in [4.78, 5) is 36.5. The molecule has 180 valence electrons. The lowest BCUT2D eigenvalue weighted by atomic mass is 9.95. The van der Waals surface area contributed by atoms with Crippen LogP contribution in [-0.2, 0) is 11.3 Å². The number of carbonyl (C=O) groups is 2. The summed E-state index contributed by atoms with van der Waals surface area (Å²) >= 11 is 5.93. The second-order valence-electron chi connectivity index (χ2n) is 9.09. The van der Waals surface area contributed by atoms with E-state index in [1.807, 2.05) is 53.7 Å². The highest BCUT2D eigenvalue weighted by Gasteiger charge is 2.32. The number of para-hydroxylation sites is 1. The molecule has 5 rings (SSSR count). The van der Waals surface area contributed by atoms with Crippen molar-refractivity contribution in [3.8, 4) is 5.75 Å². The third-order valence-corrected chi connectivity index (χ3v) is 7.07. The average molecular weight is 491 g/mol.